The number of likely N-dealkylation sites (N-methyl/N-ethyl adjacent to an activating group) is 1. The molecule has 0 amide bonds. The average Bonchev–Trinajstić information content (AvgIpc) is 2.97. The molecule has 0 aromatic carbocycles. The fourth-order valence-corrected chi connectivity index (χ4v) is 4.32. The molecule has 7 heteroatoms. The van der Waals surface area contributed by atoms with Gasteiger partial charge in [-0.25, -0.2) is 4.98 Å². The van der Waals surface area contributed by atoms with Gasteiger partial charge < -0.3 is 25.0 Å². The SMILES string of the molecule is CN(C)[C@@H]1[C@@H](Nc2nccc(N3CCC(O)CC3)n2)[C@H]2CCO[C@H]21. The van der Waals surface area contributed by atoms with Gasteiger partial charge in [0.25, 0.3) is 0 Å². The first-order valence-electron chi connectivity index (χ1n) is 8.94. The number of nitrogens with one attached hydrogen (secondary N) is 1. The van der Waals surface area contributed by atoms with Crippen LogP contribution in [0.15, 0.2) is 12.3 Å². The van der Waals surface area contributed by atoms with Gasteiger partial charge in [-0.2, -0.15) is 4.98 Å². The van der Waals surface area contributed by atoms with Gasteiger partial charge >= 0.3 is 0 Å². The molecule has 4 atom stereocenters. The lowest BCUT2D eigenvalue weighted by Gasteiger charge is -2.50. The molecule has 0 spiro atoms. The van der Waals surface area contributed by atoms with Gasteiger partial charge in [0.1, 0.15) is 5.82 Å². The molecular formula is C17H27N5O2. The molecule has 1 aromatic heterocycles. The highest BCUT2D eigenvalue weighted by Crippen LogP contribution is 2.42. The summed E-state index contributed by atoms with van der Waals surface area (Å²) in [6.45, 7) is 2.55. The van der Waals surface area contributed by atoms with Gasteiger partial charge in [-0.3, -0.25) is 0 Å². The van der Waals surface area contributed by atoms with Crippen molar-refractivity contribution in [2.75, 3.05) is 44.0 Å². The smallest absolute Gasteiger partial charge is 0.224 e. The molecule has 7 nitrogen and oxygen atoms in total. The van der Waals surface area contributed by atoms with E-state index in [9.17, 15) is 5.11 Å². The number of piperidine rings is 1. The third-order valence-electron chi connectivity index (χ3n) is 5.67. The third-order valence-corrected chi connectivity index (χ3v) is 5.67. The lowest BCUT2D eigenvalue weighted by atomic mass is 9.71. The lowest BCUT2D eigenvalue weighted by molar-refractivity contribution is -0.0517. The molecule has 4 rings (SSSR count). The molecule has 132 valence electrons. The van der Waals surface area contributed by atoms with Crippen LogP contribution in [0, 0.1) is 5.92 Å². The number of anilines is 2. The Morgan fingerprint density at radius 2 is 2.08 bits per heavy atom. The van der Waals surface area contributed by atoms with Gasteiger partial charge in [0, 0.05) is 31.8 Å². The quantitative estimate of drug-likeness (QED) is 0.834. The van der Waals surface area contributed by atoms with E-state index in [2.05, 4.69) is 34.2 Å². The number of ether oxygens (including phenoxy) is 1. The number of aliphatic hydroxyl groups excluding tert-OH is 1. The summed E-state index contributed by atoms with van der Waals surface area (Å²) >= 11 is 0. The molecule has 2 saturated heterocycles. The largest absolute Gasteiger partial charge is 0.393 e. The van der Waals surface area contributed by atoms with Crippen molar-refractivity contribution in [3.8, 4) is 0 Å². The fraction of sp³-hybridized carbons (Fsp3) is 0.765. The van der Waals surface area contributed by atoms with Crippen LogP contribution in [0.5, 0.6) is 0 Å². The monoisotopic (exact) mass is 333 g/mol. The van der Waals surface area contributed by atoms with Gasteiger partial charge in [-0.15, -0.1) is 0 Å². The molecule has 1 aliphatic carbocycles. The summed E-state index contributed by atoms with van der Waals surface area (Å²) in [6, 6.07) is 2.66. The number of fused-ring (bicyclic) bond motifs is 1. The Kier molecular flexibility index (Phi) is 4.32. The fourth-order valence-electron chi connectivity index (χ4n) is 4.32. The first-order chi connectivity index (χ1) is 11.6. The minimum absolute atomic E-state index is 0.171. The van der Waals surface area contributed by atoms with E-state index in [-0.39, 0.29) is 6.10 Å². The first-order valence-corrected chi connectivity index (χ1v) is 8.94. The third kappa shape index (κ3) is 2.85. The molecular weight excluding hydrogens is 306 g/mol. The zero-order chi connectivity index (χ0) is 16.7. The van der Waals surface area contributed by atoms with Crippen molar-refractivity contribution in [3.63, 3.8) is 0 Å². The molecule has 0 radical (unpaired) electrons. The molecule has 2 N–H and O–H groups in total. The summed E-state index contributed by atoms with van der Waals surface area (Å²) in [5.41, 5.74) is 0. The van der Waals surface area contributed by atoms with Crippen LogP contribution in [0.3, 0.4) is 0 Å². The number of aliphatic hydroxyl groups is 1. The molecule has 1 aromatic rings. The molecule has 2 aliphatic heterocycles. The van der Waals surface area contributed by atoms with Gasteiger partial charge in [0.2, 0.25) is 5.95 Å². The molecule has 3 heterocycles. The second-order valence-electron chi connectivity index (χ2n) is 7.37. The highest BCUT2D eigenvalue weighted by Gasteiger charge is 2.55. The minimum atomic E-state index is -0.171. The van der Waals surface area contributed by atoms with E-state index < -0.39 is 0 Å². The number of hydrogen-bond donors (Lipinski definition) is 2. The Bertz CT molecular complexity index is 576. The van der Waals surface area contributed by atoms with Crippen LogP contribution >= 0.6 is 0 Å². The van der Waals surface area contributed by atoms with Crippen LogP contribution in [0.4, 0.5) is 11.8 Å². The van der Waals surface area contributed by atoms with E-state index in [1.807, 2.05) is 12.3 Å². The van der Waals surface area contributed by atoms with Crippen molar-refractivity contribution in [1.29, 1.82) is 0 Å². The summed E-state index contributed by atoms with van der Waals surface area (Å²) in [5.74, 6) is 2.19. The van der Waals surface area contributed by atoms with E-state index >= 15 is 0 Å². The van der Waals surface area contributed by atoms with E-state index in [0.29, 0.717) is 30.1 Å². The van der Waals surface area contributed by atoms with Crippen LogP contribution < -0.4 is 10.2 Å². The number of rotatable bonds is 4. The maximum atomic E-state index is 9.67. The summed E-state index contributed by atoms with van der Waals surface area (Å²) in [5, 5.41) is 13.2. The molecule has 0 bridgehead atoms. The summed E-state index contributed by atoms with van der Waals surface area (Å²) in [4.78, 5) is 13.6. The van der Waals surface area contributed by atoms with Crippen molar-refractivity contribution in [2.24, 2.45) is 5.92 Å². The molecule has 3 fully saturated rings. The average molecular weight is 333 g/mol. The normalized spacial score (nSPS) is 33.4. The number of aromatic nitrogens is 2. The van der Waals surface area contributed by atoms with Crippen LogP contribution in [0.25, 0.3) is 0 Å². The Morgan fingerprint density at radius 3 is 2.83 bits per heavy atom. The topological polar surface area (TPSA) is 73.8 Å². The molecule has 24 heavy (non-hydrogen) atoms. The highest BCUT2D eigenvalue weighted by atomic mass is 16.5. The minimum Gasteiger partial charge on any atom is -0.393 e. The standard InChI is InChI=1S/C17H27N5O2/c1-21(2)15-14(12-6-10-24-16(12)15)20-17-18-7-3-13(19-17)22-8-4-11(23)5-9-22/h3,7,11-12,14-16,23H,4-6,8-10H2,1-2H3,(H,18,19,20)/t12-,14+,15-,16-/m1/s1. The Hall–Kier alpha value is -1.44. The van der Waals surface area contributed by atoms with Crippen molar-refractivity contribution >= 4 is 11.8 Å². The lowest BCUT2D eigenvalue weighted by Crippen LogP contribution is -2.66. The Morgan fingerprint density at radius 1 is 1.29 bits per heavy atom. The van der Waals surface area contributed by atoms with Gasteiger partial charge in [0.05, 0.1) is 24.3 Å². The highest BCUT2D eigenvalue weighted by molar-refractivity contribution is 5.44. The second-order valence-corrected chi connectivity index (χ2v) is 7.37. The summed E-state index contributed by atoms with van der Waals surface area (Å²) in [6.07, 6.45) is 4.70. The van der Waals surface area contributed by atoms with Crippen LogP contribution in [-0.4, -0.2) is 78.1 Å². The Balaban J connectivity index is 1.46. The molecule has 3 aliphatic rings. The Labute approximate surface area is 143 Å². The van der Waals surface area contributed by atoms with E-state index in [0.717, 1.165) is 44.8 Å². The summed E-state index contributed by atoms with van der Waals surface area (Å²) in [7, 11) is 4.21. The van der Waals surface area contributed by atoms with Crippen LogP contribution in [0.1, 0.15) is 19.3 Å². The predicted octanol–water partition coefficient (Wildman–Crippen LogP) is 0.567. The van der Waals surface area contributed by atoms with Crippen molar-refractivity contribution in [1.82, 2.24) is 14.9 Å². The van der Waals surface area contributed by atoms with E-state index in [1.165, 1.54) is 0 Å². The maximum Gasteiger partial charge on any atom is 0.224 e. The number of nitrogens with zero attached hydrogens (tertiary/aromatic N) is 4. The zero-order valence-corrected chi connectivity index (χ0v) is 14.4. The van der Waals surface area contributed by atoms with E-state index in [4.69, 9.17) is 9.72 Å². The van der Waals surface area contributed by atoms with E-state index in [1.54, 1.807) is 0 Å². The van der Waals surface area contributed by atoms with Crippen LogP contribution in [0.2, 0.25) is 0 Å². The van der Waals surface area contributed by atoms with Gasteiger partial charge in [-0.05, 0) is 39.4 Å². The maximum absolute atomic E-state index is 9.67. The van der Waals surface area contributed by atoms with Crippen molar-refractivity contribution in [3.05, 3.63) is 12.3 Å². The van der Waals surface area contributed by atoms with Crippen molar-refractivity contribution in [2.45, 2.75) is 43.6 Å². The van der Waals surface area contributed by atoms with Gasteiger partial charge in [-0.1, -0.05) is 0 Å². The van der Waals surface area contributed by atoms with Gasteiger partial charge in [0.15, 0.2) is 0 Å². The summed E-state index contributed by atoms with van der Waals surface area (Å²) < 4.78 is 5.87. The van der Waals surface area contributed by atoms with Crippen molar-refractivity contribution < 1.29 is 9.84 Å². The molecule has 0 unspecified atom stereocenters. The second kappa shape index (κ2) is 6.46. The van der Waals surface area contributed by atoms with Crippen LogP contribution in [-0.2, 0) is 4.74 Å². The zero-order valence-electron chi connectivity index (χ0n) is 14.4. The molecule has 1 saturated carbocycles. The number of hydrogen-bond acceptors (Lipinski definition) is 7. The predicted molar refractivity (Wildman–Crippen MR) is 92.2 cm³/mol. The first kappa shape index (κ1) is 16.1.